The molecule has 9 nitrogen and oxygen atoms in total. The summed E-state index contributed by atoms with van der Waals surface area (Å²) in [6.07, 6.45) is 10.1. The molecule has 1 saturated heterocycles. The Hall–Kier alpha value is -2.73. The van der Waals surface area contributed by atoms with E-state index < -0.39 is 15.8 Å². The van der Waals surface area contributed by atoms with Gasteiger partial charge >= 0.3 is 0 Å². The predicted molar refractivity (Wildman–Crippen MR) is 197 cm³/mol. The second-order valence-electron chi connectivity index (χ2n) is 14.0. The zero-order chi connectivity index (χ0) is 34.4. The Morgan fingerprint density at radius 2 is 2.04 bits per heavy atom. The molecule has 6 rings (SSSR count). The number of rotatable bonds is 13. The summed E-state index contributed by atoms with van der Waals surface area (Å²) in [6.45, 7) is 14.9. The predicted octanol–water partition coefficient (Wildman–Crippen LogP) is 6.19. The van der Waals surface area contributed by atoms with Gasteiger partial charge in [0.2, 0.25) is 0 Å². The maximum atomic E-state index is 13.4. The van der Waals surface area contributed by atoms with Crippen molar-refractivity contribution in [3.63, 3.8) is 0 Å². The number of hydrogen-bond acceptors (Lipinski definition) is 7. The maximum Gasteiger partial charge on any atom is 0.286 e. The van der Waals surface area contributed by atoms with Gasteiger partial charge in [-0.1, -0.05) is 29.8 Å². The largest absolute Gasteiger partial charge is 0.490 e. The maximum absolute atomic E-state index is 13.4. The summed E-state index contributed by atoms with van der Waals surface area (Å²) in [6, 6.07) is 11.7. The van der Waals surface area contributed by atoms with E-state index in [-0.39, 0.29) is 17.3 Å². The van der Waals surface area contributed by atoms with Gasteiger partial charge in [-0.15, -0.1) is 17.5 Å². The molecule has 11 heteroatoms. The standard InChI is InChI=1S/C38H51ClN4O5S/c1-3-5-6-22-49(40,45)41-37(44)29-10-14-36-34(24-29)43(26-38(27-48-36)15-7-8-28-23-31(39)11-13-33(28)38)25-30-9-12-32(30)35(4-2)47-21-18-42-16-19-46-20-17-42/h3-4,10-11,13-14,23-24,30,32,35H,1-2,5-9,12,15-22,25-27H2,(H2,40,41,44,45)/t30-,32+,35-,38-,49?/m0/s1. The number of anilines is 1. The van der Waals surface area contributed by atoms with Crippen LogP contribution in [0.5, 0.6) is 5.75 Å². The molecule has 2 aliphatic heterocycles. The van der Waals surface area contributed by atoms with E-state index in [2.05, 4.69) is 39.5 Å². The van der Waals surface area contributed by atoms with Crippen LogP contribution in [0, 0.1) is 11.8 Å². The minimum Gasteiger partial charge on any atom is -0.490 e. The van der Waals surface area contributed by atoms with Gasteiger partial charge in [-0.2, -0.15) is 0 Å². The first-order valence-corrected chi connectivity index (χ1v) is 19.9. The van der Waals surface area contributed by atoms with E-state index in [1.165, 1.54) is 11.1 Å². The quantitative estimate of drug-likeness (QED) is 0.195. The number of nitrogens with zero attached hydrogens (tertiary/aromatic N) is 3. The van der Waals surface area contributed by atoms with Crippen LogP contribution in [-0.2, 0) is 31.2 Å². The van der Waals surface area contributed by atoms with Gasteiger partial charge in [-0.3, -0.25) is 9.69 Å². The van der Waals surface area contributed by atoms with Crippen LogP contribution < -0.4 is 14.8 Å². The van der Waals surface area contributed by atoms with Crippen LogP contribution in [0.4, 0.5) is 5.69 Å². The van der Waals surface area contributed by atoms with E-state index in [9.17, 15) is 9.00 Å². The minimum absolute atomic E-state index is 0.0282. The fraction of sp³-hybridized carbons (Fsp3) is 0.553. The van der Waals surface area contributed by atoms with Crippen LogP contribution in [0.15, 0.2) is 66.1 Å². The Morgan fingerprint density at radius 3 is 2.80 bits per heavy atom. The molecule has 0 radical (unpaired) electrons. The zero-order valence-electron chi connectivity index (χ0n) is 28.5. The number of ether oxygens (including phenoxy) is 3. The van der Waals surface area contributed by atoms with Crippen molar-refractivity contribution >= 4 is 33.1 Å². The van der Waals surface area contributed by atoms with Crippen LogP contribution in [0.1, 0.15) is 60.0 Å². The molecule has 2 heterocycles. The number of hydrogen-bond donors (Lipinski definition) is 1. The van der Waals surface area contributed by atoms with Gasteiger partial charge in [0.15, 0.2) is 0 Å². The fourth-order valence-corrected chi connectivity index (χ4v) is 9.22. The molecule has 1 spiro atoms. The van der Waals surface area contributed by atoms with Crippen LogP contribution in [0.3, 0.4) is 0 Å². The van der Waals surface area contributed by atoms with Gasteiger partial charge in [0.25, 0.3) is 5.91 Å². The van der Waals surface area contributed by atoms with Crippen molar-refractivity contribution in [1.82, 2.24) is 4.90 Å². The molecule has 1 amide bonds. The molecule has 1 unspecified atom stereocenters. The summed E-state index contributed by atoms with van der Waals surface area (Å²) in [5.74, 6) is 1.01. The average molecular weight is 711 g/mol. The van der Waals surface area contributed by atoms with Crippen molar-refractivity contribution in [3.05, 3.63) is 83.4 Å². The van der Waals surface area contributed by atoms with Crippen molar-refractivity contribution in [2.24, 2.45) is 21.3 Å². The highest BCUT2D eigenvalue weighted by Crippen LogP contribution is 2.47. The molecule has 266 valence electrons. The highest BCUT2D eigenvalue weighted by Gasteiger charge is 2.44. The number of fused-ring (bicyclic) bond motifs is 3. The number of carbonyl (C=O) groups excluding carboxylic acids is 1. The van der Waals surface area contributed by atoms with Crippen molar-refractivity contribution in [3.8, 4) is 5.75 Å². The van der Waals surface area contributed by atoms with E-state index in [1.54, 1.807) is 12.1 Å². The first kappa shape index (κ1) is 36.1. The lowest BCUT2D eigenvalue weighted by atomic mass is 9.68. The Labute approximate surface area is 297 Å². The van der Waals surface area contributed by atoms with E-state index >= 15 is 0 Å². The van der Waals surface area contributed by atoms with Crippen LogP contribution in [0.25, 0.3) is 0 Å². The third-order valence-electron chi connectivity index (χ3n) is 10.8. The van der Waals surface area contributed by atoms with Crippen molar-refractivity contribution in [2.45, 2.75) is 56.5 Å². The first-order chi connectivity index (χ1) is 23.7. The van der Waals surface area contributed by atoms with Gasteiger partial charge in [0.1, 0.15) is 15.7 Å². The summed E-state index contributed by atoms with van der Waals surface area (Å²) in [5.41, 5.74) is 3.52. The summed E-state index contributed by atoms with van der Waals surface area (Å²) in [7, 11) is -3.16. The first-order valence-electron chi connectivity index (χ1n) is 17.7. The monoisotopic (exact) mass is 710 g/mol. The lowest BCUT2D eigenvalue weighted by molar-refractivity contribution is -0.0312. The van der Waals surface area contributed by atoms with Crippen molar-refractivity contribution in [2.75, 3.05) is 69.8 Å². The highest BCUT2D eigenvalue weighted by molar-refractivity contribution is 7.91. The van der Waals surface area contributed by atoms with Crippen molar-refractivity contribution < 1.29 is 23.2 Å². The number of carbonyl (C=O) groups is 1. The van der Waals surface area contributed by atoms with E-state index in [1.807, 2.05) is 24.3 Å². The lowest BCUT2D eigenvalue weighted by Gasteiger charge is -2.46. The molecule has 2 N–H and O–H groups in total. The second-order valence-corrected chi connectivity index (χ2v) is 16.4. The molecule has 0 aromatic heterocycles. The zero-order valence-corrected chi connectivity index (χ0v) is 30.1. The van der Waals surface area contributed by atoms with Crippen molar-refractivity contribution in [1.29, 1.82) is 0 Å². The molecule has 2 aromatic carbocycles. The molecule has 0 bridgehead atoms. The second kappa shape index (κ2) is 16.1. The molecule has 2 fully saturated rings. The highest BCUT2D eigenvalue weighted by atomic mass is 35.5. The summed E-state index contributed by atoms with van der Waals surface area (Å²) < 4.78 is 35.5. The topological polar surface area (TPSA) is 107 Å². The molecular formula is C38H51ClN4O5S. The number of allylic oxidation sites excluding steroid dienone is 1. The van der Waals surface area contributed by atoms with Crippen LogP contribution in [0.2, 0.25) is 5.02 Å². The van der Waals surface area contributed by atoms with E-state index in [0.29, 0.717) is 43.5 Å². The molecule has 2 aromatic rings. The van der Waals surface area contributed by atoms with Gasteiger partial charge in [-0.05, 0) is 98.2 Å². The summed E-state index contributed by atoms with van der Waals surface area (Å²) in [4.78, 5) is 18.2. The molecular weight excluding hydrogens is 660 g/mol. The Morgan fingerprint density at radius 1 is 1.20 bits per heavy atom. The van der Waals surface area contributed by atoms with E-state index in [4.69, 9.17) is 31.0 Å². The third-order valence-corrected chi connectivity index (χ3v) is 12.4. The van der Waals surface area contributed by atoms with Crippen LogP contribution in [-0.4, -0.2) is 86.0 Å². The Balaban J connectivity index is 1.27. The summed E-state index contributed by atoms with van der Waals surface area (Å²) in [5, 5.41) is 6.74. The normalized spacial score (nSPS) is 25.5. The molecule has 49 heavy (non-hydrogen) atoms. The lowest BCUT2D eigenvalue weighted by Crippen LogP contribution is -2.50. The third kappa shape index (κ3) is 8.60. The number of unbranched alkanes of at least 4 members (excludes halogenated alkanes) is 1. The van der Waals surface area contributed by atoms with Gasteiger partial charge in [0, 0.05) is 54.5 Å². The SMILES string of the molecule is C=CCCCS(N)(=O)=NC(=O)c1ccc2c(c1)N(C[C@@H]1CC[C@H]1[C@H](C=C)OCCN1CCOCC1)C[C@@]1(CCCc3cc(Cl)ccc31)CO2. The van der Waals surface area contributed by atoms with Gasteiger partial charge in [0.05, 0.1) is 38.2 Å². The number of benzene rings is 2. The number of nitrogens with two attached hydrogens (primary N) is 1. The number of aryl methyl sites for hydroxylation is 1. The van der Waals surface area contributed by atoms with Gasteiger partial charge in [-0.25, -0.2) is 9.35 Å². The number of amides is 1. The Bertz CT molecular complexity index is 1640. The number of morpholine rings is 1. The van der Waals surface area contributed by atoms with Gasteiger partial charge < -0.3 is 19.1 Å². The smallest absolute Gasteiger partial charge is 0.286 e. The molecule has 5 atom stereocenters. The molecule has 1 saturated carbocycles. The summed E-state index contributed by atoms with van der Waals surface area (Å²) >= 11 is 6.46. The van der Waals surface area contributed by atoms with Crippen LogP contribution >= 0.6 is 11.6 Å². The minimum atomic E-state index is -3.16. The average Bonchev–Trinajstić information content (AvgIpc) is 3.23. The number of halogens is 1. The van der Waals surface area contributed by atoms with E-state index in [0.717, 1.165) is 94.5 Å². The Kier molecular flexibility index (Phi) is 11.8. The fourth-order valence-electron chi connectivity index (χ4n) is 7.97. The molecule has 4 aliphatic rings. The molecule has 2 aliphatic carbocycles.